The number of unbranched alkanes of at least 4 members (excludes halogenated alkanes) is 2. The summed E-state index contributed by atoms with van der Waals surface area (Å²) in [6, 6.07) is -0.502. The predicted molar refractivity (Wildman–Crippen MR) is 85.0 cm³/mol. The van der Waals surface area contributed by atoms with Crippen molar-refractivity contribution in [3.63, 3.8) is 0 Å². The Bertz CT molecular complexity index is 479. The van der Waals surface area contributed by atoms with Gasteiger partial charge in [0.2, 0.25) is 0 Å². The van der Waals surface area contributed by atoms with Gasteiger partial charge in [0, 0.05) is 6.54 Å². The largest absolute Gasteiger partial charge is 0.395 e. The molecule has 118 valence electrons. The number of thioether (sulfide) groups is 1. The summed E-state index contributed by atoms with van der Waals surface area (Å²) < 4.78 is 4.18. The summed E-state index contributed by atoms with van der Waals surface area (Å²) in [6.07, 6.45) is 3.28. The second kappa shape index (κ2) is 9.59. The van der Waals surface area contributed by atoms with E-state index in [9.17, 15) is 9.59 Å². The summed E-state index contributed by atoms with van der Waals surface area (Å²) in [4.78, 5) is 23.1. The molecule has 0 saturated carbocycles. The van der Waals surface area contributed by atoms with E-state index in [1.54, 1.807) is 0 Å². The number of aromatic nitrogens is 1. The molecule has 3 amide bonds. The van der Waals surface area contributed by atoms with Crippen LogP contribution in [0.3, 0.4) is 0 Å². The first-order chi connectivity index (χ1) is 10.1. The molecule has 0 saturated heterocycles. The van der Waals surface area contributed by atoms with Gasteiger partial charge in [-0.15, -0.1) is 11.8 Å². The molecular weight excluding hydrogens is 312 g/mol. The predicted octanol–water partition coefficient (Wildman–Crippen LogP) is 1.64. The van der Waals surface area contributed by atoms with Crippen molar-refractivity contribution in [3.05, 3.63) is 5.56 Å². The lowest BCUT2D eigenvalue weighted by Crippen LogP contribution is -2.31. The first kappa shape index (κ1) is 17.7. The molecule has 0 aliphatic carbocycles. The van der Waals surface area contributed by atoms with Crippen LogP contribution in [-0.2, 0) is 0 Å². The number of nitrogens with one attached hydrogen (secondary N) is 2. The van der Waals surface area contributed by atoms with Crippen molar-refractivity contribution in [3.8, 4) is 0 Å². The van der Waals surface area contributed by atoms with Crippen molar-refractivity contribution in [1.82, 2.24) is 9.69 Å². The lowest BCUT2D eigenvalue weighted by molar-refractivity contribution is 0.0998. The summed E-state index contributed by atoms with van der Waals surface area (Å²) in [6.45, 7) is 2.10. The highest BCUT2D eigenvalue weighted by atomic mass is 32.2. The molecule has 7 nitrogen and oxygen atoms in total. The van der Waals surface area contributed by atoms with Gasteiger partial charge in [0.15, 0.2) is 0 Å². The number of hydrogen-bond acceptors (Lipinski definition) is 6. The molecule has 0 aliphatic rings. The highest BCUT2D eigenvalue weighted by Crippen LogP contribution is 2.32. The van der Waals surface area contributed by atoms with E-state index in [1.807, 2.05) is 0 Å². The summed E-state index contributed by atoms with van der Waals surface area (Å²) in [5, 5.41) is 14.5. The van der Waals surface area contributed by atoms with Crippen LogP contribution in [0.1, 0.15) is 36.5 Å². The number of anilines is 1. The van der Waals surface area contributed by atoms with Gasteiger partial charge >= 0.3 is 6.03 Å². The van der Waals surface area contributed by atoms with E-state index < -0.39 is 11.9 Å². The number of carbonyl (C=O) groups is 2. The van der Waals surface area contributed by atoms with Crippen LogP contribution in [0.2, 0.25) is 0 Å². The van der Waals surface area contributed by atoms with E-state index in [-0.39, 0.29) is 18.7 Å². The lowest BCUT2D eigenvalue weighted by atomic mass is 10.3. The molecule has 0 atom stereocenters. The Morgan fingerprint density at radius 2 is 2.19 bits per heavy atom. The molecule has 1 aromatic heterocycles. The number of rotatable bonds is 9. The van der Waals surface area contributed by atoms with Crippen LogP contribution >= 0.6 is 23.3 Å². The summed E-state index contributed by atoms with van der Waals surface area (Å²) in [7, 11) is 0. The van der Waals surface area contributed by atoms with Crippen molar-refractivity contribution in [2.45, 2.75) is 31.2 Å². The first-order valence-electron chi connectivity index (χ1n) is 6.68. The van der Waals surface area contributed by atoms with E-state index >= 15 is 0 Å². The Kier molecular flexibility index (Phi) is 8.09. The second-order valence-electron chi connectivity index (χ2n) is 4.22. The van der Waals surface area contributed by atoms with E-state index in [4.69, 9.17) is 10.8 Å². The zero-order chi connectivity index (χ0) is 15.7. The van der Waals surface area contributed by atoms with Crippen LogP contribution in [0.25, 0.3) is 0 Å². The van der Waals surface area contributed by atoms with Crippen LogP contribution in [0.4, 0.5) is 9.80 Å². The van der Waals surface area contributed by atoms with E-state index in [2.05, 4.69) is 21.9 Å². The molecule has 0 fully saturated rings. The van der Waals surface area contributed by atoms with Gasteiger partial charge in [-0.05, 0) is 23.7 Å². The average Bonchev–Trinajstić information content (AvgIpc) is 2.84. The Labute approximate surface area is 131 Å². The SMILES string of the molecule is CCCCCSc1nsc(NC(=O)NCCO)c1C(N)=O. The van der Waals surface area contributed by atoms with Gasteiger partial charge in [0.1, 0.15) is 15.6 Å². The minimum absolute atomic E-state index is 0.134. The van der Waals surface area contributed by atoms with Crippen molar-refractivity contribution < 1.29 is 14.7 Å². The quantitative estimate of drug-likeness (QED) is 0.405. The van der Waals surface area contributed by atoms with Gasteiger partial charge < -0.3 is 16.2 Å². The van der Waals surface area contributed by atoms with Crippen LogP contribution in [-0.4, -0.2) is 40.3 Å². The molecule has 21 heavy (non-hydrogen) atoms. The Hall–Kier alpha value is -1.32. The molecule has 1 heterocycles. The summed E-state index contributed by atoms with van der Waals surface area (Å²) in [5.41, 5.74) is 5.62. The molecule has 0 radical (unpaired) electrons. The number of carbonyl (C=O) groups excluding carboxylic acids is 2. The lowest BCUT2D eigenvalue weighted by Gasteiger charge is -2.05. The first-order valence-corrected chi connectivity index (χ1v) is 8.44. The number of nitrogens with zero attached hydrogens (tertiary/aromatic N) is 1. The second-order valence-corrected chi connectivity index (χ2v) is 6.07. The van der Waals surface area contributed by atoms with E-state index in [0.717, 1.165) is 36.5 Å². The van der Waals surface area contributed by atoms with Crippen molar-refractivity contribution >= 4 is 40.2 Å². The zero-order valence-electron chi connectivity index (χ0n) is 11.8. The monoisotopic (exact) mass is 332 g/mol. The minimum atomic E-state index is -0.612. The smallest absolute Gasteiger partial charge is 0.319 e. The third kappa shape index (κ3) is 5.90. The number of aliphatic hydroxyl groups is 1. The summed E-state index contributed by atoms with van der Waals surface area (Å²) >= 11 is 2.49. The third-order valence-electron chi connectivity index (χ3n) is 2.52. The maximum absolute atomic E-state index is 11.6. The minimum Gasteiger partial charge on any atom is -0.395 e. The zero-order valence-corrected chi connectivity index (χ0v) is 13.5. The van der Waals surface area contributed by atoms with Crippen molar-refractivity contribution in [2.24, 2.45) is 5.73 Å². The Morgan fingerprint density at radius 1 is 1.43 bits per heavy atom. The van der Waals surface area contributed by atoms with Gasteiger partial charge in [-0.2, -0.15) is 4.37 Å². The van der Waals surface area contributed by atoms with E-state index in [1.165, 1.54) is 11.8 Å². The van der Waals surface area contributed by atoms with Gasteiger partial charge in [0.25, 0.3) is 5.91 Å². The highest BCUT2D eigenvalue weighted by Gasteiger charge is 2.20. The number of amides is 3. The molecule has 1 rings (SSSR count). The van der Waals surface area contributed by atoms with Crippen LogP contribution < -0.4 is 16.4 Å². The van der Waals surface area contributed by atoms with Gasteiger partial charge in [-0.25, -0.2) is 4.79 Å². The number of hydrogen-bond donors (Lipinski definition) is 4. The fourth-order valence-electron chi connectivity index (χ4n) is 1.51. The number of nitrogens with two attached hydrogens (primary N) is 1. The van der Waals surface area contributed by atoms with Crippen LogP contribution in [0.5, 0.6) is 0 Å². The van der Waals surface area contributed by atoms with Crippen molar-refractivity contribution in [1.29, 1.82) is 0 Å². The standard InChI is InChI=1S/C12H20N4O3S2/c1-2-3-4-7-20-11-8(9(13)18)10(21-16-11)15-12(19)14-5-6-17/h17H,2-7H2,1H3,(H2,13,18)(H2,14,15,19). The molecule has 0 aliphatic heterocycles. The van der Waals surface area contributed by atoms with E-state index in [0.29, 0.717) is 10.0 Å². The van der Waals surface area contributed by atoms with Crippen molar-refractivity contribution in [2.75, 3.05) is 24.2 Å². The Balaban J connectivity index is 2.69. The van der Waals surface area contributed by atoms with Gasteiger partial charge in [-0.3, -0.25) is 10.1 Å². The maximum Gasteiger partial charge on any atom is 0.319 e. The molecule has 1 aromatic rings. The Morgan fingerprint density at radius 3 is 2.81 bits per heavy atom. The molecule has 0 unspecified atom stereocenters. The number of primary amides is 1. The fourth-order valence-corrected chi connectivity index (χ4v) is 3.48. The molecule has 9 heteroatoms. The van der Waals surface area contributed by atoms with Gasteiger partial charge in [-0.1, -0.05) is 19.8 Å². The molecule has 0 aromatic carbocycles. The molecule has 5 N–H and O–H groups in total. The van der Waals surface area contributed by atoms with Gasteiger partial charge in [0.05, 0.1) is 6.61 Å². The number of urea groups is 1. The highest BCUT2D eigenvalue weighted by molar-refractivity contribution is 7.99. The topological polar surface area (TPSA) is 117 Å². The van der Waals surface area contributed by atoms with Crippen LogP contribution in [0, 0.1) is 0 Å². The third-order valence-corrected chi connectivity index (χ3v) is 4.46. The normalized spacial score (nSPS) is 10.4. The maximum atomic E-state index is 11.6. The average molecular weight is 332 g/mol. The molecule has 0 spiro atoms. The van der Waals surface area contributed by atoms with Crippen LogP contribution in [0.15, 0.2) is 5.03 Å². The fraction of sp³-hybridized carbons (Fsp3) is 0.583. The number of aliphatic hydroxyl groups excluding tert-OH is 1. The molecular formula is C12H20N4O3S2. The summed E-state index contributed by atoms with van der Waals surface area (Å²) in [5.74, 6) is 0.243. The molecule has 0 bridgehead atoms.